The molecule has 1 aliphatic rings. The van der Waals surface area contributed by atoms with Crippen LogP contribution >= 0.6 is 0 Å². The van der Waals surface area contributed by atoms with Crippen LogP contribution in [0, 0.1) is 0 Å². The summed E-state index contributed by atoms with van der Waals surface area (Å²) in [6.07, 6.45) is 4.16. The van der Waals surface area contributed by atoms with Crippen LogP contribution < -0.4 is 0 Å². The third-order valence-corrected chi connectivity index (χ3v) is 2.72. The van der Waals surface area contributed by atoms with Gasteiger partial charge in [0.1, 0.15) is 0 Å². The Morgan fingerprint density at radius 2 is 1.31 bits per heavy atom. The molecule has 0 aliphatic carbocycles. The standard InChI is InChI=1S/C11H24N2/c1-10(2)13(11(3)4)12-8-6-5-7-9-12/h10-11H,5-9H2,1-4H3. The van der Waals surface area contributed by atoms with E-state index in [1.807, 2.05) is 0 Å². The molecule has 0 aromatic rings. The van der Waals surface area contributed by atoms with Gasteiger partial charge in [-0.3, -0.25) is 0 Å². The molecule has 1 fully saturated rings. The average Bonchev–Trinajstić information content (AvgIpc) is 2.04. The molecule has 0 N–H and O–H groups in total. The SMILES string of the molecule is CC(C)N(C(C)C)N1CCCCC1. The van der Waals surface area contributed by atoms with E-state index in [9.17, 15) is 0 Å². The molecule has 78 valence electrons. The number of hydrazine groups is 1. The van der Waals surface area contributed by atoms with Crippen molar-refractivity contribution in [2.24, 2.45) is 0 Å². The Labute approximate surface area is 82.9 Å². The van der Waals surface area contributed by atoms with Gasteiger partial charge in [-0.15, -0.1) is 0 Å². The molecular weight excluding hydrogens is 160 g/mol. The van der Waals surface area contributed by atoms with Gasteiger partial charge in [0.05, 0.1) is 0 Å². The smallest absolute Gasteiger partial charge is 0.0192 e. The highest BCUT2D eigenvalue weighted by molar-refractivity contribution is 4.69. The summed E-state index contributed by atoms with van der Waals surface area (Å²) in [4.78, 5) is 0. The van der Waals surface area contributed by atoms with E-state index in [-0.39, 0.29) is 0 Å². The van der Waals surface area contributed by atoms with Crippen molar-refractivity contribution in [1.82, 2.24) is 10.0 Å². The van der Waals surface area contributed by atoms with Gasteiger partial charge in [0, 0.05) is 25.2 Å². The third-order valence-electron chi connectivity index (χ3n) is 2.72. The monoisotopic (exact) mass is 184 g/mol. The van der Waals surface area contributed by atoms with Crippen LogP contribution in [0.3, 0.4) is 0 Å². The minimum Gasteiger partial charge on any atom is -0.241 e. The van der Waals surface area contributed by atoms with Crippen LogP contribution in [0.1, 0.15) is 47.0 Å². The maximum absolute atomic E-state index is 2.54. The molecule has 1 rings (SSSR count). The zero-order chi connectivity index (χ0) is 9.84. The molecule has 0 amide bonds. The van der Waals surface area contributed by atoms with Crippen LogP contribution in [0.4, 0.5) is 0 Å². The van der Waals surface area contributed by atoms with Crippen LogP contribution in [0.5, 0.6) is 0 Å². The maximum Gasteiger partial charge on any atom is 0.0192 e. The fourth-order valence-electron chi connectivity index (χ4n) is 2.36. The summed E-state index contributed by atoms with van der Waals surface area (Å²) in [7, 11) is 0. The fraction of sp³-hybridized carbons (Fsp3) is 1.00. The molecule has 0 atom stereocenters. The largest absolute Gasteiger partial charge is 0.241 e. The van der Waals surface area contributed by atoms with Gasteiger partial charge in [0.2, 0.25) is 0 Å². The summed E-state index contributed by atoms with van der Waals surface area (Å²) < 4.78 is 0. The van der Waals surface area contributed by atoms with Gasteiger partial charge >= 0.3 is 0 Å². The predicted octanol–water partition coefficient (Wildman–Crippen LogP) is 2.51. The number of nitrogens with zero attached hydrogens (tertiary/aromatic N) is 2. The zero-order valence-electron chi connectivity index (χ0n) is 9.58. The number of rotatable bonds is 3. The molecule has 1 saturated heterocycles. The van der Waals surface area contributed by atoms with Gasteiger partial charge < -0.3 is 0 Å². The van der Waals surface area contributed by atoms with Crippen LogP contribution in [-0.4, -0.2) is 35.2 Å². The first kappa shape index (κ1) is 11.0. The van der Waals surface area contributed by atoms with Crippen LogP contribution in [0.2, 0.25) is 0 Å². The van der Waals surface area contributed by atoms with Gasteiger partial charge in [-0.1, -0.05) is 6.42 Å². The lowest BCUT2D eigenvalue weighted by Gasteiger charge is -2.42. The molecule has 1 aliphatic heterocycles. The fourth-order valence-corrected chi connectivity index (χ4v) is 2.36. The zero-order valence-corrected chi connectivity index (χ0v) is 9.58. The minimum atomic E-state index is 0.637. The average molecular weight is 184 g/mol. The Morgan fingerprint density at radius 3 is 1.69 bits per heavy atom. The summed E-state index contributed by atoms with van der Waals surface area (Å²) in [5.41, 5.74) is 0. The molecule has 0 spiro atoms. The topological polar surface area (TPSA) is 6.48 Å². The highest BCUT2D eigenvalue weighted by Crippen LogP contribution is 2.16. The quantitative estimate of drug-likeness (QED) is 0.665. The molecule has 0 bridgehead atoms. The van der Waals surface area contributed by atoms with Crippen molar-refractivity contribution in [3.63, 3.8) is 0 Å². The lowest BCUT2D eigenvalue weighted by atomic mass is 10.1. The van der Waals surface area contributed by atoms with Crippen molar-refractivity contribution in [3.8, 4) is 0 Å². The van der Waals surface area contributed by atoms with Crippen molar-refractivity contribution < 1.29 is 0 Å². The molecule has 13 heavy (non-hydrogen) atoms. The normalized spacial score (nSPS) is 20.5. The number of hydrogen-bond donors (Lipinski definition) is 0. The second kappa shape index (κ2) is 4.97. The number of hydrogen-bond acceptors (Lipinski definition) is 2. The highest BCUT2D eigenvalue weighted by atomic mass is 15.6. The van der Waals surface area contributed by atoms with Crippen molar-refractivity contribution in [1.29, 1.82) is 0 Å². The Balaban J connectivity index is 2.52. The van der Waals surface area contributed by atoms with Crippen molar-refractivity contribution in [2.45, 2.75) is 59.0 Å². The lowest BCUT2D eigenvalue weighted by Crippen LogP contribution is -2.52. The molecular formula is C11H24N2. The van der Waals surface area contributed by atoms with E-state index >= 15 is 0 Å². The van der Waals surface area contributed by atoms with Gasteiger partial charge in [-0.05, 0) is 40.5 Å². The second-order valence-electron chi connectivity index (χ2n) is 4.58. The molecule has 2 nitrogen and oxygen atoms in total. The highest BCUT2D eigenvalue weighted by Gasteiger charge is 2.22. The van der Waals surface area contributed by atoms with Crippen molar-refractivity contribution >= 4 is 0 Å². The van der Waals surface area contributed by atoms with E-state index in [4.69, 9.17) is 0 Å². The third kappa shape index (κ3) is 2.96. The van der Waals surface area contributed by atoms with E-state index in [2.05, 4.69) is 37.7 Å². The number of piperidine rings is 1. The molecule has 0 saturated carbocycles. The molecule has 0 radical (unpaired) electrons. The Bertz CT molecular complexity index is 129. The summed E-state index contributed by atoms with van der Waals surface area (Å²) in [5, 5.41) is 5.07. The van der Waals surface area contributed by atoms with Crippen LogP contribution in [0.25, 0.3) is 0 Å². The first-order chi connectivity index (χ1) is 6.13. The molecule has 0 aromatic carbocycles. The van der Waals surface area contributed by atoms with E-state index in [0.29, 0.717) is 12.1 Å². The maximum atomic E-state index is 2.54. The predicted molar refractivity (Wildman–Crippen MR) is 57.5 cm³/mol. The Morgan fingerprint density at radius 1 is 0.846 bits per heavy atom. The van der Waals surface area contributed by atoms with Gasteiger partial charge in [-0.25, -0.2) is 10.0 Å². The molecule has 1 heterocycles. The lowest BCUT2D eigenvalue weighted by molar-refractivity contribution is -0.0863. The van der Waals surface area contributed by atoms with Gasteiger partial charge in [0.15, 0.2) is 0 Å². The Hall–Kier alpha value is -0.0800. The van der Waals surface area contributed by atoms with Gasteiger partial charge in [-0.2, -0.15) is 0 Å². The molecule has 0 aromatic heterocycles. The van der Waals surface area contributed by atoms with Gasteiger partial charge in [0.25, 0.3) is 0 Å². The summed E-state index contributed by atoms with van der Waals surface area (Å²) in [6, 6.07) is 1.27. The summed E-state index contributed by atoms with van der Waals surface area (Å²) in [5.74, 6) is 0. The first-order valence-corrected chi connectivity index (χ1v) is 5.66. The first-order valence-electron chi connectivity index (χ1n) is 5.66. The van der Waals surface area contributed by atoms with Crippen molar-refractivity contribution in [3.05, 3.63) is 0 Å². The minimum absolute atomic E-state index is 0.637. The van der Waals surface area contributed by atoms with Crippen LogP contribution in [-0.2, 0) is 0 Å². The molecule has 0 unspecified atom stereocenters. The van der Waals surface area contributed by atoms with Crippen LogP contribution in [0.15, 0.2) is 0 Å². The van der Waals surface area contributed by atoms with Crippen molar-refractivity contribution in [2.75, 3.05) is 13.1 Å². The van der Waals surface area contributed by atoms with E-state index in [1.54, 1.807) is 0 Å². The summed E-state index contributed by atoms with van der Waals surface area (Å²) >= 11 is 0. The van der Waals surface area contributed by atoms with E-state index < -0.39 is 0 Å². The van der Waals surface area contributed by atoms with E-state index in [0.717, 1.165) is 0 Å². The second-order valence-corrected chi connectivity index (χ2v) is 4.58. The summed E-state index contributed by atoms with van der Waals surface area (Å²) in [6.45, 7) is 11.7. The Kier molecular flexibility index (Phi) is 4.20. The molecule has 2 heteroatoms. The van der Waals surface area contributed by atoms with E-state index in [1.165, 1.54) is 32.4 Å².